The molecular weight excluding hydrogens is 342 g/mol. The Bertz CT molecular complexity index is 968. The number of nitrogens with zero attached hydrogens (tertiary/aromatic N) is 1. The van der Waals surface area contributed by atoms with Gasteiger partial charge in [0.15, 0.2) is 5.78 Å². The van der Waals surface area contributed by atoms with Crippen LogP contribution in [0.1, 0.15) is 27.6 Å². The molecule has 0 atom stereocenters. The zero-order chi connectivity index (χ0) is 19.2. The summed E-state index contributed by atoms with van der Waals surface area (Å²) in [4.78, 5) is 27.9. The summed E-state index contributed by atoms with van der Waals surface area (Å²) >= 11 is 0. The molecule has 0 radical (unpaired) electrons. The lowest BCUT2D eigenvalue weighted by Crippen LogP contribution is -2.12. The van der Waals surface area contributed by atoms with E-state index in [0.29, 0.717) is 28.3 Å². The Hall–Kier alpha value is -3.67. The lowest BCUT2D eigenvalue weighted by molar-refractivity contribution is 0.101. The van der Waals surface area contributed by atoms with Crippen LogP contribution in [-0.4, -0.2) is 23.8 Å². The molecule has 0 aliphatic rings. The number of carbonyl (C=O) groups excluding carboxylic acids is 2. The van der Waals surface area contributed by atoms with Crippen molar-refractivity contribution >= 4 is 28.8 Å². The summed E-state index contributed by atoms with van der Waals surface area (Å²) in [6, 6.07) is 15.9. The smallest absolute Gasteiger partial charge is 0.257 e. The molecular formula is C21H19N3O3. The summed E-state index contributed by atoms with van der Waals surface area (Å²) in [5.41, 5.74) is 3.17. The molecule has 6 heteroatoms. The SMILES string of the molecule is COc1cccc(NC(=O)c2cncc(Nc3ccc(C(C)=O)cc3)c2)c1. The molecule has 3 rings (SSSR count). The van der Waals surface area contributed by atoms with E-state index in [4.69, 9.17) is 4.74 Å². The summed E-state index contributed by atoms with van der Waals surface area (Å²) in [7, 11) is 1.57. The van der Waals surface area contributed by atoms with E-state index in [-0.39, 0.29) is 11.7 Å². The van der Waals surface area contributed by atoms with Gasteiger partial charge in [-0.25, -0.2) is 0 Å². The fraction of sp³-hybridized carbons (Fsp3) is 0.0952. The van der Waals surface area contributed by atoms with Crippen molar-refractivity contribution in [3.05, 3.63) is 78.1 Å². The third-order valence-corrected chi connectivity index (χ3v) is 3.91. The minimum Gasteiger partial charge on any atom is -0.497 e. The summed E-state index contributed by atoms with van der Waals surface area (Å²) in [6.07, 6.45) is 3.13. The predicted molar refractivity (Wildman–Crippen MR) is 105 cm³/mol. The molecule has 0 bridgehead atoms. The molecule has 1 amide bonds. The van der Waals surface area contributed by atoms with Crippen molar-refractivity contribution in [2.75, 3.05) is 17.7 Å². The number of anilines is 3. The van der Waals surface area contributed by atoms with Crippen LogP contribution in [-0.2, 0) is 0 Å². The lowest BCUT2D eigenvalue weighted by Gasteiger charge is -2.10. The van der Waals surface area contributed by atoms with Crippen LogP contribution in [0.15, 0.2) is 67.0 Å². The number of aromatic nitrogens is 1. The van der Waals surface area contributed by atoms with Crippen LogP contribution in [0.3, 0.4) is 0 Å². The molecule has 136 valence electrons. The number of hydrogen-bond donors (Lipinski definition) is 2. The summed E-state index contributed by atoms with van der Waals surface area (Å²) in [5.74, 6) is 0.404. The Morgan fingerprint density at radius 1 is 0.889 bits per heavy atom. The van der Waals surface area contributed by atoms with Gasteiger partial charge in [0, 0.05) is 29.2 Å². The molecule has 27 heavy (non-hydrogen) atoms. The second-order valence-electron chi connectivity index (χ2n) is 5.91. The average molecular weight is 361 g/mol. The topological polar surface area (TPSA) is 80.3 Å². The number of ether oxygens (including phenoxy) is 1. The maximum absolute atomic E-state index is 12.5. The highest BCUT2D eigenvalue weighted by atomic mass is 16.5. The number of carbonyl (C=O) groups is 2. The monoisotopic (exact) mass is 361 g/mol. The van der Waals surface area contributed by atoms with Crippen molar-refractivity contribution in [2.24, 2.45) is 0 Å². The van der Waals surface area contributed by atoms with Crippen molar-refractivity contribution in [3.63, 3.8) is 0 Å². The first-order valence-corrected chi connectivity index (χ1v) is 8.33. The maximum atomic E-state index is 12.5. The Morgan fingerprint density at radius 3 is 2.37 bits per heavy atom. The van der Waals surface area contributed by atoms with E-state index < -0.39 is 0 Å². The molecule has 0 saturated heterocycles. The first-order valence-electron chi connectivity index (χ1n) is 8.33. The second-order valence-corrected chi connectivity index (χ2v) is 5.91. The van der Waals surface area contributed by atoms with E-state index in [9.17, 15) is 9.59 Å². The third kappa shape index (κ3) is 4.70. The highest BCUT2D eigenvalue weighted by molar-refractivity contribution is 6.04. The van der Waals surface area contributed by atoms with Gasteiger partial charge >= 0.3 is 0 Å². The second kappa shape index (κ2) is 8.14. The van der Waals surface area contributed by atoms with E-state index in [1.54, 1.807) is 67.9 Å². The van der Waals surface area contributed by atoms with Crippen LogP contribution in [0.2, 0.25) is 0 Å². The summed E-state index contributed by atoms with van der Waals surface area (Å²) in [6.45, 7) is 1.52. The number of nitrogens with one attached hydrogen (secondary N) is 2. The number of ketones is 1. The van der Waals surface area contributed by atoms with Gasteiger partial charge in [-0.1, -0.05) is 6.07 Å². The van der Waals surface area contributed by atoms with Gasteiger partial charge in [0.1, 0.15) is 5.75 Å². The molecule has 3 aromatic rings. The van der Waals surface area contributed by atoms with Gasteiger partial charge in [-0.05, 0) is 49.4 Å². The first kappa shape index (κ1) is 18.1. The number of pyridine rings is 1. The highest BCUT2D eigenvalue weighted by Crippen LogP contribution is 2.20. The Kier molecular flexibility index (Phi) is 5.47. The summed E-state index contributed by atoms with van der Waals surface area (Å²) in [5, 5.41) is 5.99. The van der Waals surface area contributed by atoms with Gasteiger partial charge in [-0.15, -0.1) is 0 Å². The molecule has 0 fully saturated rings. The fourth-order valence-electron chi connectivity index (χ4n) is 2.49. The molecule has 1 heterocycles. The maximum Gasteiger partial charge on any atom is 0.257 e. The number of amides is 1. The Balaban J connectivity index is 1.72. The van der Waals surface area contributed by atoms with E-state index in [2.05, 4.69) is 15.6 Å². The van der Waals surface area contributed by atoms with Crippen molar-refractivity contribution in [1.82, 2.24) is 4.98 Å². The van der Waals surface area contributed by atoms with E-state index >= 15 is 0 Å². The predicted octanol–water partition coefficient (Wildman–Crippen LogP) is 4.29. The average Bonchev–Trinajstić information content (AvgIpc) is 2.68. The number of rotatable bonds is 6. The zero-order valence-corrected chi connectivity index (χ0v) is 15.0. The molecule has 0 spiro atoms. The van der Waals surface area contributed by atoms with Crippen LogP contribution < -0.4 is 15.4 Å². The van der Waals surface area contributed by atoms with Crippen molar-refractivity contribution in [2.45, 2.75) is 6.92 Å². The molecule has 0 aliphatic heterocycles. The molecule has 0 unspecified atom stereocenters. The number of hydrogen-bond acceptors (Lipinski definition) is 5. The molecule has 0 saturated carbocycles. The number of Topliss-reactive ketones (excluding diaryl/α,β-unsaturated/α-hetero) is 1. The minimum atomic E-state index is -0.272. The van der Waals surface area contributed by atoms with Gasteiger partial charge in [0.25, 0.3) is 5.91 Å². The Morgan fingerprint density at radius 2 is 1.67 bits per heavy atom. The van der Waals surface area contributed by atoms with Crippen molar-refractivity contribution < 1.29 is 14.3 Å². The number of benzene rings is 2. The van der Waals surface area contributed by atoms with Gasteiger partial charge < -0.3 is 15.4 Å². The normalized spacial score (nSPS) is 10.1. The summed E-state index contributed by atoms with van der Waals surface area (Å²) < 4.78 is 5.16. The van der Waals surface area contributed by atoms with Gasteiger partial charge in [-0.2, -0.15) is 0 Å². The minimum absolute atomic E-state index is 0.0134. The van der Waals surface area contributed by atoms with Gasteiger partial charge in [0.2, 0.25) is 0 Å². The fourth-order valence-corrected chi connectivity index (χ4v) is 2.49. The third-order valence-electron chi connectivity index (χ3n) is 3.91. The van der Waals surface area contributed by atoms with E-state index in [1.165, 1.54) is 13.1 Å². The van der Waals surface area contributed by atoms with Crippen molar-refractivity contribution in [1.29, 1.82) is 0 Å². The standard InChI is InChI=1S/C21H19N3O3/c1-14(25)15-6-8-17(9-7-15)23-19-10-16(12-22-13-19)21(26)24-18-4-3-5-20(11-18)27-2/h3-13,23H,1-2H3,(H,24,26). The van der Waals surface area contributed by atoms with Crippen LogP contribution in [0, 0.1) is 0 Å². The van der Waals surface area contributed by atoms with Crippen molar-refractivity contribution in [3.8, 4) is 5.75 Å². The lowest BCUT2D eigenvalue weighted by atomic mass is 10.1. The highest BCUT2D eigenvalue weighted by Gasteiger charge is 2.09. The van der Waals surface area contributed by atoms with Crippen LogP contribution in [0.5, 0.6) is 5.75 Å². The van der Waals surface area contributed by atoms with Crippen LogP contribution in [0.4, 0.5) is 17.1 Å². The van der Waals surface area contributed by atoms with Gasteiger partial charge in [0.05, 0.1) is 24.6 Å². The molecule has 0 aliphatic carbocycles. The van der Waals surface area contributed by atoms with Gasteiger partial charge in [-0.3, -0.25) is 14.6 Å². The number of methoxy groups -OCH3 is 1. The largest absolute Gasteiger partial charge is 0.497 e. The van der Waals surface area contributed by atoms with E-state index in [1.807, 2.05) is 0 Å². The molecule has 2 N–H and O–H groups in total. The van der Waals surface area contributed by atoms with Crippen LogP contribution >= 0.6 is 0 Å². The molecule has 6 nitrogen and oxygen atoms in total. The van der Waals surface area contributed by atoms with E-state index in [0.717, 1.165) is 5.69 Å². The zero-order valence-electron chi connectivity index (χ0n) is 15.0. The quantitative estimate of drug-likeness (QED) is 0.640. The molecule has 2 aromatic carbocycles. The Labute approximate surface area is 157 Å². The van der Waals surface area contributed by atoms with Crippen LogP contribution in [0.25, 0.3) is 0 Å². The molecule has 1 aromatic heterocycles. The first-order chi connectivity index (χ1) is 13.0.